The van der Waals surface area contributed by atoms with Gasteiger partial charge >= 0.3 is 0 Å². The minimum Gasteiger partial charge on any atom is -0.339 e. The van der Waals surface area contributed by atoms with Crippen molar-refractivity contribution in [3.8, 4) is 11.4 Å². The first kappa shape index (κ1) is 15.3. The first-order chi connectivity index (χ1) is 11.9. The molecule has 4 aromatic rings. The summed E-state index contributed by atoms with van der Waals surface area (Å²) in [5.41, 5.74) is 1.99. The number of para-hydroxylation sites is 1. The average molecular weight is 354 g/mol. The highest BCUT2D eigenvalue weighted by atomic mass is 32.2. The molecule has 0 saturated carbocycles. The van der Waals surface area contributed by atoms with Gasteiger partial charge in [-0.05, 0) is 30.7 Å². The third kappa shape index (κ3) is 3.47. The highest BCUT2D eigenvalue weighted by Crippen LogP contribution is 2.29. The minimum absolute atomic E-state index is 0.617. The number of fused-ring (bicyclic) bond motifs is 1. The first-order valence-electron chi connectivity index (χ1n) is 7.60. The van der Waals surface area contributed by atoms with E-state index in [0.717, 1.165) is 34.0 Å². The van der Waals surface area contributed by atoms with Crippen LogP contribution in [-0.2, 0) is 6.42 Å². The Hall–Kier alpha value is -2.25. The fourth-order valence-electron chi connectivity index (χ4n) is 2.27. The molecule has 0 N–H and O–H groups in total. The van der Waals surface area contributed by atoms with Crippen LogP contribution in [0.15, 0.2) is 57.7 Å². The maximum Gasteiger partial charge on any atom is 0.226 e. The number of hydrogen-bond acceptors (Lipinski definition) is 7. The van der Waals surface area contributed by atoms with Crippen LogP contribution >= 0.6 is 23.1 Å². The van der Waals surface area contributed by atoms with Crippen molar-refractivity contribution >= 4 is 33.3 Å². The number of pyridine rings is 1. The van der Waals surface area contributed by atoms with Gasteiger partial charge in [0, 0.05) is 30.1 Å². The summed E-state index contributed by atoms with van der Waals surface area (Å²) in [6.07, 6.45) is 5.19. The van der Waals surface area contributed by atoms with E-state index in [1.165, 1.54) is 4.70 Å². The number of benzene rings is 1. The lowest BCUT2D eigenvalue weighted by Crippen LogP contribution is -1.88. The van der Waals surface area contributed by atoms with E-state index >= 15 is 0 Å². The van der Waals surface area contributed by atoms with Crippen molar-refractivity contribution in [3.63, 3.8) is 0 Å². The number of rotatable bonds is 6. The van der Waals surface area contributed by atoms with E-state index in [9.17, 15) is 0 Å². The molecule has 0 aliphatic carbocycles. The molecule has 0 atom stereocenters. The second-order valence-electron chi connectivity index (χ2n) is 5.15. The lowest BCUT2D eigenvalue weighted by atomic mass is 10.2. The van der Waals surface area contributed by atoms with E-state index in [0.29, 0.717) is 11.7 Å². The van der Waals surface area contributed by atoms with Crippen LogP contribution in [0, 0.1) is 0 Å². The number of thiazole rings is 1. The Labute approximate surface area is 147 Å². The normalized spacial score (nSPS) is 11.2. The van der Waals surface area contributed by atoms with Crippen LogP contribution in [0.1, 0.15) is 12.3 Å². The fourth-order valence-corrected chi connectivity index (χ4v) is 4.35. The van der Waals surface area contributed by atoms with Crippen LogP contribution in [0.3, 0.4) is 0 Å². The van der Waals surface area contributed by atoms with Crippen LogP contribution in [0.5, 0.6) is 0 Å². The second kappa shape index (κ2) is 7.11. The Morgan fingerprint density at radius 3 is 2.79 bits per heavy atom. The number of hydrogen-bond donors (Lipinski definition) is 0. The molecular formula is C17H14N4OS2. The molecule has 0 spiro atoms. The van der Waals surface area contributed by atoms with E-state index < -0.39 is 0 Å². The molecule has 0 saturated heterocycles. The number of aromatic nitrogens is 4. The molecule has 1 aromatic carbocycles. The Morgan fingerprint density at radius 2 is 1.92 bits per heavy atom. The van der Waals surface area contributed by atoms with Gasteiger partial charge in [-0.3, -0.25) is 4.98 Å². The molecule has 0 aliphatic rings. The van der Waals surface area contributed by atoms with Crippen molar-refractivity contribution in [2.75, 3.05) is 5.75 Å². The average Bonchev–Trinajstić information content (AvgIpc) is 3.26. The second-order valence-corrected chi connectivity index (χ2v) is 7.52. The van der Waals surface area contributed by atoms with Gasteiger partial charge in [-0.1, -0.05) is 29.1 Å². The summed E-state index contributed by atoms with van der Waals surface area (Å²) in [4.78, 5) is 13.0. The monoisotopic (exact) mass is 354 g/mol. The lowest BCUT2D eigenvalue weighted by Gasteiger charge is -1.95. The third-order valence-corrected chi connectivity index (χ3v) is 5.71. The molecular weight excluding hydrogens is 340 g/mol. The number of aryl methyl sites for hydroxylation is 1. The lowest BCUT2D eigenvalue weighted by molar-refractivity contribution is 0.378. The smallest absolute Gasteiger partial charge is 0.226 e. The molecule has 0 fully saturated rings. The van der Waals surface area contributed by atoms with E-state index in [1.54, 1.807) is 35.5 Å². The zero-order valence-electron chi connectivity index (χ0n) is 12.8. The van der Waals surface area contributed by atoms with Gasteiger partial charge in [0.05, 0.1) is 10.2 Å². The molecule has 120 valence electrons. The largest absolute Gasteiger partial charge is 0.339 e. The minimum atomic E-state index is 0.617. The Balaban J connectivity index is 1.30. The van der Waals surface area contributed by atoms with Gasteiger partial charge < -0.3 is 4.52 Å². The third-order valence-electron chi connectivity index (χ3n) is 3.44. The number of nitrogens with zero attached hydrogens (tertiary/aromatic N) is 4. The van der Waals surface area contributed by atoms with Gasteiger partial charge in [-0.15, -0.1) is 11.3 Å². The van der Waals surface area contributed by atoms with E-state index in [-0.39, 0.29) is 0 Å². The summed E-state index contributed by atoms with van der Waals surface area (Å²) in [6.45, 7) is 0. The van der Waals surface area contributed by atoms with Crippen molar-refractivity contribution < 1.29 is 4.52 Å². The molecule has 7 heteroatoms. The van der Waals surface area contributed by atoms with Crippen molar-refractivity contribution in [1.82, 2.24) is 20.1 Å². The van der Waals surface area contributed by atoms with E-state index in [1.807, 2.05) is 24.3 Å². The van der Waals surface area contributed by atoms with Crippen molar-refractivity contribution in [2.24, 2.45) is 0 Å². The topological polar surface area (TPSA) is 64.7 Å². The quantitative estimate of drug-likeness (QED) is 0.376. The summed E-state index contributed by atoms with van der Waals surface area (Å²) >= 11 is 3.52. The standard InChI is InChI=1S/C17H14N4OS2/c1-2-5-14-13(4-1)19-17(24-14)23-11-3-6-15-20-16(21-22-15)12-7-9-18-10-8-12/h1-2,4-5,7-10H,3,6,11H2. The van der Waals surface area contributed by atoms with Crippen molar-refractivity contribution in [2.45, 2.75) is 17.2 Å². The molecule has 3 heterocycles. The highest BCUT2D eigenvalue weighted by molar-refractivity contribution is 8.01. The van der Waals surface area contributed by atoms with E-state index in [4.69, 9.17) is 4.52 Å². The van der Waals surface area contributed by atoms with Crippen LogP contribution < -0.4 is 0 Å². The summed E-state index contributed by atoms with van der Waals surface area (Å²) in [6, 6.07) is 12.0. The molecule has 0 aliphatic heterocycles. The highest BCUT2D eigenvalue weighted by Gasteiger charge is 2.09. The molecule has 3 aromatic heterocycles. The predicted octanol–water partition coefficient (Wildman–Crippen LogP) is 4.47. The number of thioether (sulfide) groups is 1. The summed E-state index contributed by atoms with van der Waals surface area (Å²) in [7, 11) is 0. The molecule has 24 heavy (non-hydrogen) atoms. The van der Waals surface area contributed by atoms with Crippen LogP contribution in [-0.4, -0.2) is 25.9 Å². The molecule has 0 radical (unpaired) electrons. The summed E-state index contributed by atoms with van der Waals surface area (Å²) < 4.78 is 7.66. The molecule has 0 bridgehead atoms. The summed E-state index contributed by atoms with van der Waals surface area (Å²) in [5, 5.41) is 4.02. The molecule has 0 amide bonds. The van der Waals surface area contributed by atoms with E-state index in [2.05, 4.69) is 32.2 Å². The van der Waals surface area contributed by atoms with Gasteiger partial charge in [0.1, 0.15) is 0 Å². The van der Waals surface area contributed by atoms with Crippen LogP contribution in [0.4, 0.5) is 0 Å². The zero-order chi connectivity index (χ0) is 16.2. The molecule has 4 rings (SSSR count). The Kier molecular flexibility index (Phi) is 4.53. The van der Waals surface area contributed by atoms with Gasteiger partial charge in [0.25, 0.3) is 0 Å². The maximum absolute atomic E-state index is 5.32. The van der Waals surface area contributed by atoms with Gasteiger partial charge in [-0.25, -0.2) is 4.98 Å². The van der Waals surface area contributed by atoms with Gasteiger partial charge in [-0.2, -0.15) is 4.98 Å². The predicted molar refractivity (Wildman–Crippen MR) is 96.2 cm³/mol. The SMILES string of the molecule is c1ccc2sc(SCCCc3nc(-c4ccncc4)no3)nc2c1. The molecule has 0 unspecified atom stereocenters. The molecule has 5 nitrogen and oxygen atoms in total. The zero-order valence-corrected chi connectivity index (χ0v) is 14.4. The van der Waals surface area contributed by atoms with Crippen LogP contribution in [0.25, 0.3) is 21.6 Å². The van der Waals surface area contributed by atoms with Gasteiger partial charge in [0.15, 0.2) is 4.34 Å². The van der Waals surface area contributed by atoms with Crippen molar-refractivity contribution in [3.05, 3.63) is 54.7 Å². The van der Waals surface area contributed by atoms with Crippen molar-refractivity contribution in [1.29, 1.82) is 0 Å². The Bertz CT molecular complexity index is 903. The first-order valence-corrected chi connectivity index (χ1v) is 9.40. The fraction of sp³-hybridized carbons (Fsp3) is 0.176. The van der Waals surface area contributed by atoms with Crippen LogP contribution in [0.2, 0.25) is 0 Å². The summed E-state index contributed by atoms with van der Waals surface area (Å²) in [5.74, 6) is 2.27. The maximum atomic E-state index is 5.32. The Morgan fingerprint density at radius 1 is 1.04 bits per heavy atom. The van der Waals surface area contributed by atoms with Gasteiger partial charge in [0.2, 0.25) is 11.7 Å².